The van der Waals surface area contributed by atoms with Gasteiger partial charge in [0.25, 0.3) is 0 Å². The molecule has 0 saturated heterocycles. The molecule has 13 heavy (non-hydrogen) atoms. The lowest BCUT2D eigenvalue weighted by molar-refractivity contribution is -0.131. The zero-order valence-corrected chi connectivity index (χ0v) is 8.18. The molecule has 4 nitrogen and oxygen atoms in total. The normalized spacial score (nSPS) is 10.0. The van der Waals surface area contributed by atoms with Crippen LogP contribution in [-0.4, -0.2) is 21.0 Å². The van der Waals surface area contributed by atoms with Crippen molar-refractivity contribution in [3.63, 3.8) is 0 Å². The fraction of sp³-hybridized carbons (Fsp3) is 0.250. The van der Waals surface area contributed by atoms with Crippen LogP contribution in [0.25, 0.3) is 6.08 Å². The van der Waals surface area contributed by atoms with E-state index in [1.807, 2.05) is 13.8 Å². The SMILES string of the molecule is Cc1nc(/C=C/C(=O)O)[nH]c1C.Cl. The largest absolute Gasteiger partial charge is 0.478 e. The van der Waals surface area contributed by atoms with E-state index in [0.29, 0.717) is 5.82 Å². The molecule has 0 aliphatic rings. The van der Waals surface area contributed by atoms with Crippen LogP contribution in [0.2, 0.25) is 0 Å². The minimum Gasteiger partial charge on any atom is -0.478 e. The Morgan fingerprint density at radius 1 is 1.54 bits per heavy atom. The van der Waals surface area contributed by atoms with Crippen LogP contribution in [0.1, 0.15) is 17.2 Å². The summed E-state index contributed by atoms with van der Waals surface area (Å²) in [7, 11) is 0. The molecule has 1 aromatic heterocycles. The number of imidazole rings is 1. The van der Waals surface area contributed by atoms with Gasteiger partial charge in [-0.3, -0.25) is 0 Å². The third kappa shape index (κ3) is 3.29. The van der Waals surface area contributed by atoms with Gasteiger partial charge in [0, 0.05) is 11.8 Å². The van der Waals surface area contributed by atoms with Gasteiger partial charge in [0.05, 0.1) is 5.69 Å². The van der Waals surface area contributed by atoms with Gasteiger partial charge in [-0.15, -0.1) is 12.4 Å². The highest BCUT2D eigenvalue weighted by atomic mass is 35.5. The molecule has 0 fully saturated rings. The van der Waals surface area contributed by atoms with E-state index < -0.39 is 5.97 Å². The number of nitrogens with zero attached hydrogens (tertiary/aromatic N) is 1. The lowest BCUT2D eigenvalue weighted by Gasteiger charge is -1.81. The van der Waals surface area contributed by atoms with Crippen LogP contribution in [0.5, 0.6) is 0 Å². The molecule has 0 aromatic carbocycles. The topological polar surface area (TPSA) is 66.0 Å². The number of aromatic nitrogens is 2. The average molecular weight is 203 g/mol. The van der Waals surface area contributed by atoms with Gasteiger partial charge in [0.2, 0.25) is 0 Å². The Bertz CT molecular complexity index is 311. The average Bonchev–Trinajstić information content (AvgIpc) is 2.28. The molecule has 0 radical (unpaired) electrons. The molecule has 0 aliphatic heterocycles. The maximum absolute atomic E-state index is 10.1. The summed E-state index contributed by atoms with van der Waals surface area (Å²) in [5.74, 6) is -0.394. The fourth-order valence-corrected chi connectivity index (χ4v) is 0.804. The van der Waals surface area contributed by atoms with Crippen LogP contribution in [0.3, 0.4) is 0 Å². The summed E-state index contributed by atoms with van der Waals surface area (Å²) in [6.07, 6.45) is 2.49. The first kappa shape index (κ1) is 11.7. The van der Waals surface area contributed by atoms with Crippen LogP contribution in [0.15, 0.2) is 6.08 Å². The summed E-state index contributed by atoms with van der Waals surface area (Å²) in [5, 5.41) is 8.32. The molecule has 2 N–H and O–H groups in total. The van der Waals surface area contributed by atoms with E-state index in [-0.39, 0.29) is 12.4 Å². The number of hydrogen-bond donors (Lipinski definition) is 2. The maximum Gasteiger partial charge on any atom is 0.328 e. The van der Waals surface area contributed by atoms with Gasteiger partial charge < -0.3 is 10.1 Å². The van der Waals surface area contributed by atoms with E-state index in [4.69, 9.17) is 5.11 Å². The molecular weight excluding hydrogens is 192 g/mol. The van der Waals surface area contributed by atoms with Gasteiger partial charge in [0.15, 0.2) is 0 Å². The van der Waals surface area contributed by atoms with E-state index in [1.165, 1.54) is 6.08 Å². The highest BCUT2D eigenvalue weighted by Gasteiger charge is 1.98. The zero-order chi connectivity index (χ0) is 9.14. The predicted molar refractivity (Wildman–Crippen MR) is 52.0 cm³/mol. The van der Waals surface area contributed by atoms with Gasteiger partial charge in [-0.2, -0.15) is 0 Å². The third-order valence-electron chi connectivity index (χ3n) is 1.53. The molecule has 5 heteroatoms. The Labute approximate surface area is 82.1 Å². The number of carboxylic acids is 1. The van der Waals surface area contributed by atoms with E-state index in [9.17, 15) is 4.79 Å². The van der Waals surface area contributed by atoms with Gasteiger partial charge in [-0.1, -0.05) is 0 Å². The summed E-state index contributed by atoms with van der Waals surface area (Å²) < 4.78 is 0. The van der Waals surface area contributed by atoms with Crippen LogP contribution in [0.4, 0.5) is 0 Å². The van der Waals surface area contributed by atoms with Crippen molar-refractivity contribution in [2.45, 2.75) is 13.8 Å². The lowest BCUT2D eigenvalue weighted by Crippen LogP contribution is -1.86. The number of carbonyl (C=O) groups is 1. The minimum atomic E-state index is -0.971. The number of rotatable bonds is 2. The standard InChI is InChI=1S/C8H10N2O2.ClH/c1-5-6(2)10-7(9-5)3-4-8(11)12;/h3-4H,1-2H3,(H,9,10)(H,11,12);1H/b4-3+;. The third-order valence-corrected chi connectivity index (χ3v) is 1.53. The van der Waals surface area contributed by atoms with Crippen molar-refractivity contribution in [1.29, 1.82) is 0 Å². The van der Waals surface area contributed by atoms with Crippen molar-refractivity contribution < 1.29 is 9.90 Å². The van der Waals surface area contributed by atoms with Crippen LogP contribution in [0, 0.1) is 13.8 Å². The molecule has 0 saturated carbocycles. The number of hydrogen-bond acceptors (Lipinski definition) is 2. The van der Waals surface area contributed by atoms with Crippen molar-refractivity contribution in [3.8, 4) is 0 Å². The molecule has 0 unspecified atom stereocenters. The summed E-state index contributed by atoms with van der Waals surface area (Å²) in [6.45, 7) is 3.75. The molecular formula is C8H11ClN2O2. The van der Waals surface area contributed by atoms with E-state index in [0.717, 1.165) is 17.5 Å². The molecule has 0 atom stereocenters. The van der Waals surface area contributed by atoms with E-state index in [1.54, 1.807) is 0 Å². The second-order valence-corrected chi connectivity index (χ2v) is 2.50. The van der Waals surface area contributed by atoms with Crippen molar-refractivity contribution in [3.05, 3.63) is 23.3 Å². The highest BCUT2D eigenvalue weighted by molar-refractivity contribution is 5.85. The first-order valence-corrected chi connectivity index (χ1v) is 3.54. The van der Waals surface area contributed by atoms with Crippen LogP contribution >= 0.6 is 12.4 Å². The van der Waals surface area contributed by atoms with Crippen molar-refractivity contribution in [2.24, 2.45) is 0 Å². The van der Waals surface area contributed by atoms with Crippen molar-refractivity contribution in [2.75, 3.05) is 0 Å². The van der Waals surface area contributed by atoms with Crippen LogP contribution in [-0.2, 0) is 4.79 Å². The minimum absolute atomic E-state index is 0. The van der Waals surface area contributed by atoms with Crippen molar-refractivity contribution >= 4 is 24.5 Å². The zero-order valence-electron chi connectivity index (χ0n) is 7.37. The van der Waals surface area contributed by atoms with Crippen molar-refractivity contribution in [1.82, 2.24) is 9.97 Å². The summed E-state index contributed by atoms with van der Waals surface area (Å²) in [4.78, 5) is 17.2. The molecule has 1 aromatic rings. The summed E-state index contributed by atoms with van der Waals surface area (Å²) in [5.41, 5.74) is 1.85. The van der Waals surface area contributed by atoms with Gasteiger partial charge >= 0.3 is 5.97 Å². The molecule has 0 bridgehead atoms. The molecule has 0 aliphatic carbocycles. The first-order valence-electron chi connectivity index (χ1n) is 3.54. The Balaban J connectivity index is 0.00000144. The maximum atomic E-state index is 10.1. The predicted octanol–water partition coefficient (Wildman–Crippen LogP) is 1.55. The van der Waals surface area contributed by atoms with Gasteiger partial charge in [0.1, 0.15) is 5.82 Å². The Morgan fingerprint density at radius 3 is 2.54 bits per heavy atom. The second-order valence-electron chi connectivity index (χ2n) is 2.50. The number of H-pyrrole nitrogens is 1. The van der Waals surface area contributed by atoms with Crippen LogP contribution < -0.4 is 0 Å². The lowest BCUT2D eigenvalue weighted by atomic mass is 10.4. The molecule has 0 amide bonds. The number of aliphatic carboxylic acids is 1. The number of halogens is 1. The number of nitrogens with one attached hydrogen (secondary N) is 1. The highest BCUT2D eigenvalue weighted by Crippen LogP contribution is 2.03. The summed E-state index contributed by atoms with van der Waals surface area (Å²) in [6, 6.07) is 0. The molecule has 1 heterocycles. The number of carboxylic acid groups (broad SMARTS) is 1. The first-order chi connectivity index (χ1) is 5.59. The number of aromatic amines is 1. The van der Waals surface area contributed by atoms with E-state index >= 15 is 0 Å². The van der Waals surface area contributed by atoms with Gasteiger partial charge in [-0.05, 0) is 19.9 Å². The fourth-order valence-electron chi connectivity index (χ4n) is 0.804. The van der Waals surface area contributed by atoms with Gasteiger partial charge in [-0.25, -0.2) is 9.78 Å². The second kappa shape index (κ2) is 4.67. The quantitative estimate of drug-likeness (QED) is 0.715. The van der Waals surface area contributed by atoms with E-state index in [2.05, 4.69) is 9.97 Å². The Hall–Kier alpha value is -1.29. The smallest absolute Gasteiger partial charge is 0.328 e. The Kier molecular flexibility index (Phi) is 4.20. The molecule has 1 rings (SSSR count). The molecule has 72 valence electrons. The number of aryl methyl sites for hydroxylation is 2. The monoisotopic (exact) mass is 202 g/mol. The summed E-state index contributed by atoms with van der Waals surface area (Å²) >= 11 is 0. The molecule has 0 spiro atoms. The Morgan fingerprint density at radius 2 is 2.15 bits per heavy atom.